The molecule has 2 fully saturated rings. The van der Waals surface area contributed by atoms with Gasteiger partial charge in [0.15, 0.2) is 12.5 Å². The maximum Gasteiger partial charge on any atom is 0.481 e. The number of hydrogen-bond acceptors (Lipinski definition) is 15. The molecule has 2 aromatic heterocycles. The molecular weight excluding hydrogens is 606 g/mol. The standard InChI is InChI=1S/C18H24N4O17P2/c23-9-1-3-21(17(29)19-9)15-13(27)11(25)7(37-15)5-35-40(31,32)39-41(33,34)36-6-8-12(26)14(28)16(38-8)22-4-2-10(24)20-18(22)30/h1-4,7-8,11-16,25-28H,5-6H2,(H,31,32)(H,33,34)(H,19,23,29)(H,20,24,30)/t7-,8+,11-,12+,13-,14+,15-,16+. The van der Waals surface area contributed by atoms with E-state index in [1.165, 1.54) is 0 Å². The molecule has 10 atom stereocenters. The van der Waals surface area contributed by atoms with Crippen LogP contribution in [0.5, 0.6) is 0 Å². The molecule has 2 aliphatic heterocycles. The Morgan fingerprint density at radius 3 is 1.41 bits per heavy atom. The Kier molecular flexibility index (Phi) is 9.12. The molecule has 0 saturated carbocycles. The van der Waals surface area contributed by atoms with Crippen LogP contribution in [0.2, 0.25) is 0 Å². The molecule has 2 aliphatic rings. The third-order valence-electron chi connectivity index (χ3n) is 5.94. The summed E-state index contributed by atoms with van der Waals surface area (Å²) in [6.45, 7) is -2.01. The highest BCUT2D eigenvalue weighted by Gasteiger charge is 2.48. The summed E-state index contributed by atoms with van der Waals surface area (Å²) in [6, 6.07) is 1.87. The van der Waals surface area contributed by atoms with E-state index < -0.39 is 100 Å². The summed E-state index contributed by atoms with van der Waals surface area (Å²) >= 11 is 0. The predicted molar refractivity (Wildman–Crippen MR) is 127 cm³/mol. The molecular formula is C18H24N4O17P2. The fourth-order valence-electron chi connectivity index (χ4n) is 3.96. The van der Waals surface area contributed by atoms with Gasteiger partial charge in [-0.25, -0.2) is 18.7 Å². The zero-order valence-corrected chi connectivity index (χ0v) is 22.1. The maximum atomic E-state index is 12.2. The lowest BCUT2D eigenvalue weighted by Gasteiger charge is -2.20. The second kappa shape index (κ2) is 11.9. The average molecular weight is 630 g/mol. The van der Waals surface area contributed by atoms with Gasteiger partial charge >= 0.3 is 27.0 Å². The number of phosphoric ester groups is 2. The van der Waals surface area contributed by atoms with E-state index in [0.717, 1.165) is 33.7 Å². The third kappa shape index (κ3) is 7.07. The summed E-state index contributed by atoms with van der Waals surface area (Å²) in [7, 11) is -10.9. The summed E-state index contributed by atoms with van der Waals surface area (Å²) in [6.07, 6.45) is -11.4. The number of rotatable bonds is 10. The van der Waals surface area contributed by atoms with Gasteiger partial charge in [-0.3, -0.25) is 37.7 Å². The van der Waals surface area contributed by atoms with Crippen LogP contribution in [0.3, 0.4) is 0 Å². The van der Waals surface area contributed by atoms with Crippen molar-refractivity contribution in [2.45, 2.75) is 49.1 Å². The summed E-state index contributed by atoms with van der Waals surface area (Å²) in [5.41, 5.74) is -3.48. The van der Waals surface area contributed by atoms with Gasteiger partial charge in [0.1, 0.15) is 36.6 Å². The molecule has 0 radical (unpaired) electrons. The van der Waals surface area contributed by atoms with Crippen LogP contribution in [-0.2, 0) is 32.0 Å². The Labute approximate surface area is 226 Å². The van der Waals surface area contributed by atoms with E-state index >= 15 is 0 Å². The number of nitrogens with zero attached hydrogens (tertiary/aromatic N) is 2. The number of phosphoric acid groups is 2. The van der Waals surface area contributed by atoms with Gasteiger partial charge in [-0.1, -0.05) is 0 Å². The fourth-order valence-corrected chi connectivity index (χ4v) is 6.05. The molecule has 2 saturated heterocycles. The number of hydrogen-bond donors (Lipinski definition) is 8. The van der Waals surface area contributed by atoms with Gasteiger partial charge in [0, 0.05) is 24.5 Å². The largest absolute Gasteiger partial charge is 0.481 e. The first kappa shape index (κ1) is 31.3. The Bertz CT molecular complexity index is 1470. The van der Waals surface area contributed by atoms with Crippen molar-refractivity contribution < 1.29 is 62.2 Å². The molecule has 4 rings (SSSR count). The van der Waals surface area contributed by atoms with Gasteiger partial charge in [-0.15, -0.1) is 0 Å². The highest BCUT2D eigenvalue weighted by atomic mass is 31.3. The van der Waals surface area contributed by atoms with Crippen LogP contribution in [0.1, 0.15) is 12.5 Å². The molecule has 2 unspecified atom stereocenters. The number of aromatic nitrogens is 4. The fraction of sp³-hybridized carbons (Fsp3) is 0.556. The molecule has 228 valence electrons. The number of H-pyrrole nitrogens is 2. The zero-order chi connectivity index (χ0) is 30.3. The van der Waals surface area contributed by atoms with Crippen LogP contribution in [0.25, 0.3) is 0 Å². The summed E-state index contributed by atoms with van der Waals surface area (Å²) in [4.78, 5) is 69.8. The summed E-state index contributed by atoms with van der Waals surface area (Å²) in [5, 5.41) is 40.7. The molecule has 21 nitrogen and oxygen atoms in total. The molecule has 41 heavy (non-hydrogen) atoms. The van der Waals surface area contributed by atoms with Gasteiger partial charge in [0.2, 0.25) is 0 Å². The van der Waals surface area contributed by atoms with Gasteiger partial charge < -0.3 is 39.7 Å². The highest BCUT2D eigenvalue weighted by molar-refractivity contribution is 7.61. The van der Waals surface area contributed by atoms with Crippen molar-refractivity contribution in [1.82, 2.24) is 19.1 Å². The van der Waals surface area contributed by atoms with Gasteiger partial charge in [0.05, 0.1) is 13.2 Å². The first-order valence-corrected chi connectivity index (χ1v) is 14.4. The van der Waals surface area contributed by atoms with Gasteiger partial charge in [0.25, 0.3) is 11.1 Å². The Morgan fingerprint density at radius 1 is 0.707 bits per heavy atom. The number of aromatic amines is 2. The topological polar surface area (TPSA) is 311 Å². The molecule has 0 aliphatic carbocycles. The first-order chi connectivity index (χ1) is 19.1. The SMILES string of the molecule is O=c1ccn([C@@H]2O[C@H](COP(=O)(O)OP(=O)(O)OC[C@@H]3O[C@H](n4ccc(=O)[nH]c4=O)[C@@H](O)[C@H]3O)[C@@H](O)[C@H]2O)c(=O)[nH]1. The molecule has 2 aromatic rings. The minimum Gasteiger partial charge on any atom is -0.387 e. The monoisotopic (exact) mass is 630 g/mol. The zero-order valence-electron chi connectivity index (χ0n) is 20.3. The van der Waals surface area contributed by atoms with Crippen molar-refractivity contribution in [3.63, 3.8) is 0 Å². The summed E-state index contributed by atoms with van der Waals surface area (Å²) in [5.74, 6) is 0. The lowest BCUT2D eigenvalue weighted by molar-refractivity contribution is -0.0568. The number of aliphatic hydroxyl groups excluding tert-OH is 4. The Balaban J connectivity index is 1.33. The smallest absolute Gasteiger partial charge is 0.387 e. The van der Waals surface area contributed by atoms with Crippen molar-refractivity contribution in [3.8, 4) is 0 Å². The minimum absolute atomic E-state index is 0.731. The van der Waals surface area contributed by atoms with Crippen LogP contribution < -0.4 is 22.5 Å². The molecule has 23 heteroatoms. The lowest BCUT2D eigenvalue weighted by atomic mass is 10.1. The predicted octanol–water partition coefficient (Wildman–Crippen LogP) is -4.42. The van der Waals surface area contributed by atoms with E-state index in [2.05, 4.69) is 13.4 Å². The third-order valence-corrected chi connectivity index (χ3v) is 8.54. The van der Waals surface area contributed by atoms with E-state index in [0.29, 0.717) is 0 Å². The lowest BCUT2D eigenvalue weighted by Crippen LogP contribution is -2.37. The number of ether oxygens (including phenoxy) is 2. The normalized spacial score (nSPS) is 32.9. The van der Waals surface area contributed by atoms with Crippen molar-refractivity contribution in [2.75, 3.05) is 13.2 Å². The van der Waals surface area contributed by atoms with E-state index in [4.69, 9.17) is 9.47 Å². The Hall–Kier alpha value is -2.62. The van der Waals surface area contributed by atoms with Crippen LogP contribution in [0, 0.1) is 0 Å². The Morgan fingerprint density at radius 2 is 1.07 bits per heavy atom. The minimum atomic E-state index is -5.44. The summed E-state index contributed by atoms with van der Waals surface area (Å²) < 4.78 is 49.8. The molecule has 8 N–H and O–H groups in total. The molecule has 4 heterocycles. The highest BCUT2D eigenvalue weighted by Crippen LogP contribution is 2.60. The second-order valence-corrected chi connectivity index (χ2v) is 11.8. The number of aliphatic hydroxyl groups is 4. The number of nitrogens with one attached hydrogen (secondary N) is 2. The quantitative estimate of drug-likeness (QED) is 0.115. The van der Waals surface area contributed by atoms with Crippen molar-refractivity contribution in [2.24, 2.45) is 0 Å². The first-order valence-electron chi connectivity index (χ1n) is 11.4. The van der Waals surface area contributed by atoms with E-state index in [1.54, 1.807) is 0 Å². The van der Waals surface area contributed by atoms with Gasteiger partial charge in [-0.05, 0) is 0 Å². The maximum absolute atomic E-state index is 12.2. The van der Waals surface area contributed by atoms with Crippen LogP contribution >= 0.6 is 15.6 Å². The van der Waals surface area contributed by atoms with Crippen molar-refractivity contribution in [3.05, 3.63) is 66.2 Å². The van der Waals surface area contributed by atoms with Crippen LogP contribution in [0.4, 0.5) is 0 Å². The average Bonchev–Trinajstić information content (AvgIpc) is 3.31. The molecule has 0 spiro atoms. The molecule has 0 amide bonds. The van der Waals surface area contributed by atoms with Crippen LogP contribution in [-0.4, -0.2) is 99.2 Å². The van der Waals surface area contributed by atoms with E-state index in [-0.39, 0.29) is 0 Å². The van der Waals surface area contributed by atoms with Crippen molar-refractivity contribution in [1.29, 1.82) is 0 Å². The van der Waals surface area contributed by atoms with Crippen molar-refractivity contribution >= 4 is 15.6 Å². The van der Waals surface area contributed by atoms with E-state index in [9.17, 15) is 58.5 Å². The van der Waals surface area contributed by atoms with Gasteiger partial charge in [-0.2, -0.15) is 4.31 Å². The second-order valence-electron chi connectivity index (χ2n) is 8.74. The molecule has 0 aromatic carbocycles. The van der Waals surface area contributed by atoms with E-state index in [1.807, 2.05) is 9.97 Å². The molecule has 0 bridgehead atoms. The van der Waals surface area contributed by atoms with Crippen LogP contribution in [0.15, 0.2) is 43.7 Å².